The van der Waals surface area contributed by atoms with E-state index in [1.165, 1.54) is 0 Å². The molecule has 0 atom stereocenters. The summed E-state index contributed by atoms with van der Waals surface area (Å²) in [5, 5.41) is 3.23. The lowest BCUT2D eigenvalue weighted by Crippen LogP contribution is -2.37. The van der Waals surface area contributed by atoms with Gasteiger partial charge in [0.1, 0.15) is 5.69 Å². The molecule has 1 aromatic carbocycles. The highest BCUT2D eigenvalue weighted by Crippen LogP contribution is 2.14. The molecular formula is C21H31N5O. The minimum absolute atomic E-state index is 0.0734. The van der Waals surface area contributed by atoms with Crippen LogP contribution >= 0.6 is 0 Å². The molecule has 0 saturated heterocycles. The first-order valence-electron chi connectivity index (χ1n) is 9.46. The van der Waals surface area contributed by atoms with Gasteiger partial charge >= 0.3 is 0 Å². The van der Waals surface area contributed by atoms with Gasteiger partial charge in [0, 0.05) is 24.8 Å². The average Bonchev–Trinajstić information content (AvgIpc) is 2.63. The number of nitrogens with one attached hydrogen (secondary N) is 1. The maximum absolute atomic E-state index is 13.1. The molecule has 0 aliphatic carbocycles. The second-order valence-electron chi connectivity index (χ2n) is 7.31. The summed E-state index contributed by atoms with van der Waals surface area (Å²) in [4.78, 5) is 26.0. The predicted molar refractivity (Wildman–Crippen MR) is 110 cm³/mol. The lowest BCUT2D eigenvalue weighted by Gasteiger charge is -2.26. The van der Waals surface area contributed by atoms with Gasteiger partial charge in [-0.1, -0.05) is 30.3 Å². The number of benzene rings is 1. The second-order valence-corrected chi connectivity index (χ2v) is 7.31. The van der Waals surface area contributed by atoms with Crippen molar-refractivity contribution in [3.63, 3.8) is 0 Å². The van der Waals surface area contributed by atoms with Gasteiger partial charge in [0.25, 0.3) is 5.91 Å². The second kappa shape index (κ2) is 10.0. The first-order valence-corrected chi connectivity index (χ1v) is 9.46. The van der Waals surface area contributed by atoms with Gasteiger partial charge in [0.05, 0.1) is 0 Å². The summed E-state index contributed by atoms with van der Waals surface area (Å²) in [5.74, 6) is 0.441. The van der Waals surface area contributed by atoms with E-state index in [2.05, 4.69) is 20.2 Å². The number of carbonyl (C=O) groups excluding carboxylic acids is 1. The van der Waals surface area contributed by atoms with Crippen molar-refractivity contribution in [2.45, 2.75) is 39.8 Å². The first kappa shape index (κ1) is 20.8. The van der Waals surface area contributed by atoms with Crippen molar-refractivity contribution in [2.24, 2.45) is 0 Å². The molecule has 0 unspecified atom stereocenters. The van der Waals surface area contributed by atoms with E-state index in [0.717, 1.165) is 30.8 Å². The van der Waals surface area contributed by atoms with Crippen LogP contribution in [0.5, 0.6) is 0 Å². The smallest absolute Gasteiger partial charge is 0.273 e. The Morgan fingerprint density at radius 3 is 2.48 bits per heavy atom. The van der Waals surface area contributed by atoms with E-state index < -0.39 is 0 Å². The van der Waals surface area contributed by atoms with Crippen molar-refractivity contribution in [1.29, 1.82) is 0 Å². The molecule has 0 aliphatic rings. The van der Waals surface area contributed by atoms with Crippen LogP contribution in [0.2, 0.25) is 0 Å². The summed E-state index contributed by atoms with van der Waals surface area (Å²) in [6, 6.07) is 11.9. The molecule has 2 rings (SSSR count). The van der Waals surface area contributed by atoms with Crippen molar-refractivity contribution in [2.75, 3.05) is 32.5 Å². The molecule has 6 heteroatoms. The minimum Gasteiger partial charge on any atom is -0.354 e. The highest BCUT2D eigenvalue weighted by Gasteiger charge is 2.21. The SMILES string of the molecule is Cc1cc(C(=O)N(Cc2ccccc2)C(C)C)nc(NCCCN(C)C)n1. The van der Waals surface area contributed by atoms with Crippen LogP contribution in [0.25, 0.3) is 0 Å². The van der Waals surface area contributed by atoms with Gasteiger partial charge in [-0.25, -0.2) is 9.97 Å². The fraction of sp³-hybridized carbons (Fsp3) is 0.476. The van der Waals surface area contributed by atoms with Gasteiger partial charge in [-0.05, 0) is 59.5 Å². The zero-order valence-corrected chi connectivity index (χ0v) is 17.1. The summed E-state index contributed by atoms with van der Waals surface area (Å²) < 4.78 is 0. The van der Waals surface area contributed by atoms with Crippen LogP contribution in [-0.2, 0) is 6.54 Å². The zero-order valence-electron chi connectivity index (χ0n) is 17.1. The fourth-order valence-electron chi connectivity index (χ4n) is 2.77. The van der Waals surface area contributed by atoms with E-state index in [1.807, 2.05) is 70.1 Å². The number of nitrogens with zero attached hydrogens (tertiary/aromatic N) is 4. The van der Waals surface area contributed by atoms with Crippen molar-refractivity contribution in [3.05, 3.63) is 53.3 Å². The maximum atomic E-state index is 13.1. The molecule has 146 valence electrons. The molecule has 0 saturated carbocycles. The Hall–Kier alpha value is -2.47. The molecule has 0 aliphatic heterocycles. The maximum Gasteiger partial charge on any atom is 0.273 e. The van der Waals surface area contributed by atoms with Crippen LogP contribution in [0.15, 0.2) is 36.4 Å². The monoisotopic (exact) mass is 369 g/mol. The van der Waals surface area contributed by atoms with E-state index in [0.29, 0.717) is 18.2 Å². The Bertz CT molecular complexity index is 731. The molecule has 1 amide bonds. The van der Waals surface area contributed by atoms with Crippen molar-refractivity contribution >= 4 is 11.9 Å². The summed E-state index contributed by atoms with van der Waals surface area (Å²) in [5.41, 5.74) is 2.32. The third-order valence-corrected chi connectivity index (χ3v) is 4.22. The normalized spacial score (nSPS) is 11.1. The van der Waals surface area contributed by atoms with Crippen LogP contribution in [-0.4, -0.2) is 58.9 Å². The molecular weight excluding hydrogens is 338 g/mol. The largest absolute Gasteiger partial charge is 0.354 e. The Morgan fingerprint density at radius 1 is 1.15 bits per heavy atom. The van der Waals surface area contributed by atoms with Crippen molar-refractivity contribution < 1.29 is 4.79 Å². The first-order chi connectivity index (χ1) is 12.9. The molecule has 27 heavy (non-hydrogen) atoms. The molecule has 0 spiro atoms. The van der Waals surface area contributed by atoms with Gasteiger partial charge in [-0.15, -0.1) is 0 Å². The van der Waals surface area contributed by atoms with E-state index in [1.54, 1.807) is 6.07 Å². The van der Waals surface area contributed by atoms with Crippen LogP contribution < -0.4 is 5.32 Å². The Balaban J connectivity index is 2.12. The zero-order chi connectivity index (χ0) is 19.8. The average molecular weight is 370 g/mol. The fourth-order valence-corrected chi connectivity index (χ4v) is 2.77. The molecule has 0 fully saturated rings. The van der Waals surface area contributed by atoms with Gasteiger partial charge in [0.2, 0.25) is 5.95 Å². The summed E-state index contributed by atoms with van der Waals surface area (Å²) in [6.45, 7) is 8.26. The van der Waals surface area contributed by atoms with Gasteiger partial charge in [-0.2, -0.15) is 0 Å². The molecule has 0 radical (unpaired) electrons. The lowest BCUT2D eigenvalue weighted by molar-refractivity contribution is 0.0684. The summed E-state index contributed by atoms with van der Waals surface area (Å²) in [7, 11) is 4.10. The minimum atomic E-state index is -0.0734. The Labute approximate surface area is 162 Å². The number of aromatic nitrogens is 2. The molecule has 2 aromatic rings. The van der Waals surface area contributed by atoms with E-state index in [-0.39, 0.29) is 11.9 Å². The number of carbonyl (C=O) groups is 1. The van der Waals surface area contributed by atoms with Crippen molar-refractivity contribution in [1.82, 2.24) is 19.8 Å². The van der Waals surface area contributed by atoms with Gasteiger partial charge < -0.3 is 15.1 Å². The summed E-state index contributed by atoms with van der Waals surface area (Å²) in [6.07, 6.45) is 0.986. The Kier molecular flexibility index (Phi) is 7.73. The highest BCUT2D eigenvalue weighted by atomic mass is 16.2. The standard InChI is InChI=1S/C21H31N5O/c1-16(2)26(15-18-10-7-6-8-11-18)20(27)19-14-17(3)23-21(24-19)22-12-9-13-25(4)5/h6-8,10-11,14,16H,9,12-13,15H2,1-5H3,(H,22,23,24). The molecule has 6 nitrogen and oxygen atoms in total. The molecule has 1 aromatic heterocycles. The van der Waals surface area contributed by atoms with Crippen LogP contribution in [0.1, 0.15) is 42.0 Å². The number of hydrogen-bond donors (Lipinski definition) is 1. The molecule has 1 heterocycles. The van der Waals surface area contributed by atoms with Crippen LogP contribution in [0.4, 0.5) is 5.95 Å². The number of hydrogen-bond acceptors (Lipinski definition) is 5. The van der Waals surface area contributed by atoms with Crippen molar-refractivity contribution in [3.8, 4) is 0 Å². The van der Waals surface area contributed by atoms with Crippen LogP contribution in [0, 0.1) is 6.92 Å². The lowest BCUT2D eigenvalue weighted by atomic mass is 10.1. The third kappa shape index (κ3) is 6.64. The van der Waals surface area contributed by atoms with Crippen LogP contribution in [0.3, 0.4) is 0 Å². The number of anilines is 1. The predicted octanol–water partition coefficient (Wildman–Crippen LogP) is 3.20. The number of aryl methyl sites for hydroxylation is 1. The topological polar surface area (TPSA) is 61.4 Å². The molecule has 0 bridgehead atoms. The van der Waals surface area contributed by atoms with E-state index >= 15 is 0 Å². The molecule has 1 N–H and O–H groups in total. The summed E-state index contributed by atoms with van der Waals surface area (Å²) >= 11 is 0. The van der Waals surface area contributed by atoms with Gasteiger partial charge in [0.15, 0.2) is 0 Å². The third-order valence-electron chi connectivity index (χ3n) is 4.22. The Morgan fingerprint density at radius 2 is 1.85 bits per heavy atom. The van der Waals surface area contributed by atoms with Gasteiger partial charge in [-0.3, -0.25) is 4.79 Å². The van der Waals surface area contributed by atoms with E-state index in [9.17, 15) is 4.79 Å². The highest BCUT2D eigenvalue weighted by molar-refractivity contribution is 5.92. The number of amides is 1. The quantitative estimate of drug-likeness (QED) is 0.688. The number of rotatable bonds is 9. The van der Waals surface area contributed by atoms with E-state index in [4.69, 9.17) is 0 Å².